The Balaban J connectivity index is 1.54. The van der Waals surface area contributed by atoms with Gasteiger partial charge in [0.25, 0.3) is 0 Å². The third-order valence-corrected chi connectivity index (χ3v) is 6.75. The largest absolute Gasteiger partial charge is 0.368 e. The summed E-state index contributed by atoms with van der Waals surface area (Å²) in [4.78, 5) is 21.4. The maximum atomic E-state index is 13.1. The highest BCUT2D eigenvalue weighted by Gasteiger charge is 2.45. The van der Waals surface area contributed by atoms with E-state index in [1.165, 1.54) is 12.1 Å². The highest BCUT2D eigenvalue weighted by Crippen LogP contribution is 2.45. The molecule has 7 nitrogen and oxygen atoms in total. The molecule has 8 heteroatoms. The normalized spacial score (nSPS) is 15.2. The van der Waals surface area contributed by atoms with Crippen molar-refractivity contribution < 1.29 is 13.2 Å². The summed E-state index contributed by atoms with van der Waals surface area (Å²) >= 11 is 0. The first kappa shape index (κ1) is 20.0. The second-order valence-corrected chi connectivity index (χ2v) is 9.61. The van der Waals surface area contributed by atoms with Crippen molar-refractivity contribution in [2.45, 2.75) is 29.6 Å². The number of nitrogen functional groups attached to an aromatic ring is 1. The molecular formula is C22H22N4O3S. The molecule has 30 heavy (non-hydrogen) atoms. The summed E-state index contributed by atoms with van der Waals surface area (Å²) in [6, 6.07) is 14.1. The van der Waals surface area contributed by atoms with Gasteiger partial charge in [-0.3, -0.25) is 4.79 Å². The van der Waals surface area contributed by atoms with Crippen LogP contribution in [0, 0.1) is 0 Å². The molecule has 0 aliphatic heterocycles. The van der Waals surface area contributed by atoms with Crippen LogP contribution in [-0.2, 0) is 20.0 Å². The Morgan fingerprint density at radius 2 is 1.57 bits per heavy atom. The van der Waals surface area contributed by atoms with Gasteiger partial charge in [0.05, 0.1) is 10.3 Å². The minimum Gasteiger partial charge on any atom is -0.368 e. The molecule has 0 unspecified atom stereocenters. The average Bonchev–Trinajstić information content (AvgIpc) is 2.68. The Morgan fingerprint density at radius 3 is 2.07 bits per heavy atom. The fraction of sp³-hybridized carbons (Fsp3) is 0.227. The average molecular weight is 423 g/mol. The molecule has 0 bridgehead atoms. The first-order valence-corrected chi connectivity index (χ1v) is 11.5. The van der Waals surface area contributed by atoms with Gasteiger partial charge in [-0.2, -0.15) is 0 Å². The molecule has 1 aliphatic rings. The van der Waals surface area contributed by atoms with E-state index in [0.29, 0.717) is 5.69 Å². The van der Waals surface area contributed by atoms with Crippen LogP contribution in [0.15, 0.2) is 65.8 Å². The van der Waals surface area contributed by atoms with Crippen LogP contribution in [0.5, 0.6) is 0 Å². The molecular weight excluding hydrogens is 400 g/mol. The number of benzene rings is 2. The number of rotatable bonds is 5. The van der Waals surface area contributed by atoms with Gasteiger partial charge in [0, 0.05) is 29.9 Å². The minimum atomic E-state index is -3.27. The van der Waals surface area contributed by atoms with Crippen molar-refractivity contribution in [3.63, 3.8) is 0 Å². The Hall–Kier alpha value is -3.26. The summed E-state index contributed by atoms with van der Waals surface area (Å²) in [6.07, 6.45) is 7.01. The third-order valence-electron chi connectivity index (χ3n) is 5.62. The van der Waals surface area contributed by atoms with Crippen molar-refractivity contribution in [1.29, 1.82) is 0 Å². The number of nitrogens with one attached hydrogen (secondary N) is 1. The minimum absolute atomic E-state index is 0.0792. The van der Waals surface area contributed by atoms with E-state index in [2.05, 4.69) is 15.3 Å². The molecule has 0 spiro atoms. The second kappa shape index (κ2) is 7.53. The first-order valence-electron chi connectivity index (χ1n) is 9.58. The van der Waals surface area contributed by atoms with Crippen LogP contribution in [0.2, 0.25) is 0 Å². The number of aromatic nitrogens is 2. The molecule has 4 rings (SSSR count). The predicted octanol–water partition coefficient (Wildman–Crippen LogP) is 3.19. The van der Waals surface area contributed by atoms with Gasteiger partial charge in [0.15, 0.2) is 9.84 Å². The maximum absolute atomic E-state index is 13.1. The van der Waals surface area contributed by atoms with Gasteiger partial charge in [0.2, 0.25) is 11.9 Å². The monoisotopic (exact) mass is 422 g/mol. The fourth-order valence-electron chi connectivity index (χ4n) is 3.68. The summed E-state index contributed by atoms with van der Waals surface area (Å²) in [6.45, 7) is 0. The van der Waals surface area contributed by atoms with Crippen LogP contribution in [-0.4, -0.2) is 30.5 Å². The summed E-state index contributed by atoms with van der Waals surface area (Å²) in [5.74, 6) is 0.148. The molecule has 3 aromatic rings. The molecule has 0 atom stereocenters. The summed E-state index contributed by atoms with van der Waals surface area (Å²) in [7, 11) is -3.27. The number of carbonyl (C=O) groups excluding carboxylic acids is 1. The molecule has 2 aromatic carbocycles. The smallest absolute Gasteiger partial charge is 0.235 e. The van der Waals surface area contributed by atoms with E-state index in [9.17, 15) is 13.2 Å². The number of nitrogens with two attached hydrogens (primary N) is 1. The summed E-state index contributed by atoms with van der Waals surface area (Å²) in [5, 5.41) is 2.95. The Bertz CT molecular complexity index is 1170. The summed E-state index contributed by atoms with van der Waals surface area (Å²) in [5.41, 5.74) is 8.30. The molecule has 0 saturated heterocycles. The van der Waals surface area contributed by atoms with Crippen LogP contribution in [0.1, 0.15) is 24.8 Å². The lowest BCUT2D eigenvalue weighted by molar-refractivity contribution is -0.124. The highest BCUT2D eigenvalue weighted by atomic mass is 32.2. The molecule has 1 amide bonds. The lowest BCUT2D eigenvalue weighted by Crippen LogP contribution is -2.46. The van der Waals surface area contributed by atoms with Crippen LogP contribution in [0.25, 0.3) is 11.1 Å². The molecule has 0 radical (unpaired) electrons. The van der Waals surface area contributed by atoms with Gasteiger partial charge in [-0.15, -0.1) is 0 Å². The number of hydrogen-bond acceptors (Lipinski definition) is 6. The van der Waals surface area contributed by atoms with Crippen molar-refractivity contribution in [1.82, 2.24) is 9.97 Å². The van der Waals surface area contributed by atoms with Crippen LogP contribution >= 0.6 is 0 Å². The SMILES string of the molecule is CS(=O)(=O)c1ccc(NC(=O)C2(c3ccc(-c4cnc(N)nc4)cc3)CCC2)cc1. The van der Waals surface area contributed by atoms with Crippen molar-refractivity contribution in [3.8, 4) is 11.1 Å². The second-order valence-electron chi connectivity index (χ2n) is 7.59. The zero-order valence-corrected chi connectivity index (χ0v) is 17.3. The van der Waals surface area contributed by atoms with Crippen LogP contribution in [0.4, 0.5) is 11.6 Å². The molecule has 1 heterocycles. The zero-order valence-electron chi connectivity index (χ0n) is 16.5. The van der Waals surface area contributed by atoms with Gasteiger partial charge >= 0.3 is 0 Å². The van der Waals surface area contributed by atoms with Gasteiger partial charge in [-0.05, 0) is 48.2 Å². The van der Waals surface area contributed by atoms with E-state index >= 15 is 0 Å². The third kappa shape index (κ3) is 3.78. The van der Waals surface area contributed by atoms with Gasteiger partial charge in [-0.1, -0.05) is 30.7 Å². The van der Waals surface area contributed by atoms with Crippen molar-refractivity contribution in [2.24, 2.45) is 0 Å². The molecule has 1 saturated carbocycles. The molecule has 1 fully saturated rings. The van der Waals surface area contributed by atoms with E-state index < -0.39 is 15.3 Å². The van der Waals surface area contributed by atoms with Gasteiger partial charge < -0.3 is 11.1 Å². The fourth-order valence-corrected chi connectivity index (χ4v) is 4.31. The number of anilines is 2. The topological polar surface area (TPSA) is 115 Å². The van der Waals surface area contributed by atoms with E-state index in [1.807, 2.05) is 24.3 Å². The van der Waals surface area contributed by atoms with Gasteiger partial charge in [-0.25, -0.2) is 18.4 Å². The van der Waals surface area contributed by atoms with E-state index in [-0.39, 0.29) is 16.8 Å². The number of amides is 1. The quantitative estimate of drug-likeness (QED) is 0.652. The van der Waals surface area contributed by atoms with E-state index in [4.69, 9.17) is 5.73 Å². The maximum Gasteiger partial charge on any atom is 0.235 e. The van der Waals surface area contributed by atoms with Crippen LogP contribution < -0.4 is 11.1 Å². The van der Waals surface area contributed by atoms with Crippen molar-refractivity contribution in [2.75, 3.05) is 17.3 Å². The number of sulfone groups is 1. The molecule has 1 aliphatic carbocycles. The summed E-state index contributed by atoms with van der Waals surface area (Å²) < 4.78 is 23.2. The lowest BCUT2D eigenvalue weighted by Gasteiger charge is -2.40. The van der Waals surface area contributed by atoms with E-state index in [1.54, 1.807) is 24.5 Å². The standard InChI is InChI=1S/C22H22N4O3S/c1-30(28,29)19-9-7-18(8-10-19)26-20(27)22(11-2-12-22)17-5-3-15(4-6-17)16-13-24-21(23)25-14-16/h3-10,13-14H,2,11-12H2,1H3,(H,26,27)(H2,23,24,25). The molecule has 3 N–H and O–H groups in total. The van der Waals surface area contributed by atoms with Crippen LogP contribution in [0.3, 0.4) is 0 Å². The zero-order chi connectivity index (χ0) is 21.4. The lowest BCUT2D eigenvalue weighted by atomic mass is 9.63. The van der Waals surface area contributed by atoms with Crippen molar-refractivity contribution in [3.05, 3.63) is 66.5 Å². The van der Waals surface area contributed by atoms with Gasteiger partial charge in [0.1, 0.15) is 0 Å². The molecule has 154 valence electrons. The Morgan fingerprint density at radius 1 is 0.967 bits per heavy atom. The van der Waals surface area contributed by atoms with E-state index in [0.717, 1.165) is 42.2 Å². The Labute approximate surface area is 175 Å². The predicted molar refractivity (Wildman–Crippen MR) is 116 cm³/mol. The number of nitrogens with zero attached hydrogens (tertiary/aromatic N) is 2. The Kier molecular flexibility index (Phi) is 5.03. The first-order chi connectivity index (χ1) is 14.3. The number of hydrogen-bond donors (Lipinski definition) is 2. The number of carbonyl (C=O) groups is 1. The van der Waals surface area contributed by atoms with Crippen molar-refractivity contribution >= 4 is 27.4 Å². The molecule has 1 aromatic heterocycles. The highest BCUT2D eigenvalue weighted by molar-refractivity contribution is 7.90.